The van der Waals surface area contributed by atoms with E-state index in [-0.39, 0.29) is 12.5 Å². The van der Waals surface area contributed by atoms with Gasteiger partial charge in [0.15, 0.2) is 6.61 Å². The van der Waals surface area contributed by atoms with Gasteiger partial charge in [-0.3, -0.25) is 4.79 Å². The number of halogens is 2. The summed E-state index contributed by atoms with van der Waals surface area (Å²) in [6, 6.07) is 1.79. The van der Waals surface area contributed by atoms with Crippen LogP contribution in [-0.4, -0.2) is 25.6 Å². The zero-order chi connectivity index (χ0) is 21.3. The first-order chi connectivity index (χ1) is 13.7. The molecule has 1 aromatic heterocycles. The Morgan fingerprint density at radius 1 is 1.38 bits per heavy atom. The first-order valence-electron chi connectivity index (χ1n) is 9.33. The molecule has 8 heteroatoms. The third-order valence-corrected chi connectivity index (χ3v) is 7.82. The largest absolute Gasteiger partial charge is 0.483 e. The minimum Gasteiger partial charge on any atom is -0.483 e. The average Bonchev–Trinajstić information content (AvgIpc) is 3.04. The molecule has 0 saturated heterocycles. The van der Waals surface area contributed by atoms with Gasteiger partial charge in [0.1, 0.15) is 10.8 Å². The van der Waals surface area contributed by atoms with E-state index in [0.717, 1.165) is 45.3 Å². The number of benzene rings is 1. The second-order valence-electron chi connectivity index (χ2n) is 7.33. The van der Waals surface area contributed by atoms with Gasteiger partial charge in [-0.2, -0.15) is 0 Å². The normalized spacial score (nSPS) is 15.6. The van der Waals surface area contributed by atoms with Gasteiger partial charge in [-0.15, -0.1) is 11.3 Å². The highest BCUT2D eigenvalue weighted by Crippen LogP contribution is 2.40. The first kappa shape index (κ1) is 22.1. The molecule has 1 heterocycles. The predicted octanol–water partition coefficient (Wildman–Crippen LogP) is 5.71. The van der Waals surface area contributed by atoms with Crippen molar-refractivity contribution in [3.8, 4) is 5.75 Å². The number of aryl methyl sites for hydroxylation is 1. The van der Waals surface area contributed by atoms with Crippen LogP contribution in [0.2, 0.25) is 5.02 Å². The zero-order valence-electron chi connectivity index (χ0n) is 16.8. The molecule has 0 aliphatic heterocycles. The van der Waals surface area contributed by atoms with Gasteiger partial charge < -0.3 is 14.8 Å². The Morgan fingerprint density at radius 3 is 2.79 bits per heavy atom. The molecule has 0 saturated carbocycles. The van der Waals surface area contributed by atoms with Crippen molar-refractivity contribution in [2.75, 3.05) is 19.0 Å². The van der Waals surface area contributed by atoms with Crippen LogP contribution in [0.5, 0.6) is 5.75 Å². The van der Waals surface area contributed by atoms with E-state index in [1.807, 2.05) is 13.8 Å². The highest BCUT2D eigenvalue weighted by Gasteiger charge is 2.29. The van der Waals surface area contributed by atoms with E-state index >= 15 is 0 Å². The van der Waals surface area contributed by atoms with Crippen molar-refractivity contribution in [2.45, 2.75) is 40.0 Å². The molecular weight excluding hydrogens is 478 g/mol. The van der Waals surface area contributed by atoms with Crippen LogP contribution < -0.4 is 10.1 Å². The van der Waals surface area contributed by atoms with Crippen molar-refractivity contribution in [3.63, 3.8) is 0 Å². The summed E-state index contributed by atoms with van der Waals surface area (Å²) in [6.45, 7) is 5.78. The summed E-state index contributed by atoms with van der Waals surface area (Å²) in [5.41, 5.74) is 3.21. The number of carbonyl (C=O) groups is 2. The summed E-state index contributed by atoms with van der Waals surface area (Å²) in [4.78, 5) is 26.0. The molecule has 0 radical (unpaired) electrons. The maximum Gasteiger partial charge on any atom is 0.341 e. The number of hydrogen-bond donors (Lipinski definition) is 1. The van der Waals surface area contributed by atoms with Gasteiger partial charge in [0.25, 0.3) is 5.91 Å². The number of carbonyl (C=O) groups excluding carboxylic acids is 2. The Hall–Kier alpha value is -1.57. The number of hydrogen-bond acceptors (Lipinski definition) is 5. The number of fused-ring (bicyclic) bond motifs is 1. The fourth-order valence-electron chi connectivity index (χ4n) is 3.47. The second-order valence-corrected chi connectivity index (χ2v) is 9.61. The van der Waals surface area contributed by atoms with E-state index in [1.165, 1.54) is 18.4 Å². The Kier molecular flexibility index (Phi) is 6.91. The van der Waals surface area contributed by atoms with Crippen molar-refractivity contribution >= 4 is 55.7 Å². The average molecular weight is 501 g/mol. The smallest absolute Gasteiger partial charge is 0.341 e. The monoisotopic (exact) mass is 499 g/mol. The van der Waals surface area contributed by atoms with Crippen molar-refractivity contribution in [3.05, 3.63) is 42.7 Å². The number of nitrogens with one attached hydrogen (secondary N) is 1. The maximum absolute atomic E-state index is 12.6. The lowest BCUT2D eigenvalue weighted by Crippen LogP contribution is -2.21. The highest BCUT2D eigenvalue weighted by atomic mass is 79.9. The molecule has 1 amide bonds. The van der Waals surface area contributed by atoms with Gasteiger partial charge in [0.2, 0.25) is 0 Å². The molecule has 1 aliphatic carbocycles. The summed E-state index contributed by atoms with van der Waals surface area (Å²) in [6.07, 6.45) is 2.75. The Labute approximate surface area is 187 Å². The molecule has 29 heavy (non-hydrogen) atoms. The second kappa shape index (κ2) is 9.06. The van der Waals surface area contributed by atoms with E-state index in [0.29, 0.717) is 27.3 Å². The lowest BCUT2D eigenvalue weighted by Gasteiger charge is -2.18. The third kappa shape index (κ3) is 4.62. The number of esters is 1. The molecule has 156 valence electrons. The highest BCUT2D eigenvalue weighted by molar-refractivity contribution is 9.10. The van der Waals surface area contributed by atoms with Gasteiger partial charge in [0.05, 0.1) is 17.1 Å². The summed E-state index contributed by atoms with van der Waals surface area (Å²) in [5.74, 6) is 0.359. The minimum absolute atomic E-state index is 0.182. The lowest BCUT2D eigenvalue weighted by molar-refractivity contribution is -0.118. The van der Waals surface area contributed by atoms with E-state index in [2.05, 4.69) is 28.2 Å². The van der Waals surface area contributed by atoms with E-state index in [1.54, 1.807) is 6.07 Å². The number of amides is 1. The predicted molar refractivity (Wildman–Crippen MR) is 120 cm³/mol. The van der Waals surface area contributed by atoms with Crippen molar-refractivity contribution in [1.82, 2.24) is 0 Å². The Balaban J connectivity index is 1.77. The van der Waals surface area contributed by atoms with Crippen molar-refractivity contribution in [2.24, 2.45) is 5.92 Å². The fourth-order valence-corrected chi connectivity index (χ4v) is 5.57. The quantitative estimate of drug-likeness (QED) is 0.534. The maximum atomic E-state index is 12.6. The molecule has 1 unspecified atom stereocenters. The Bertz CT molecular complexity index is 972. The number of thiophene rings is 1. The fraction of sp³-hybridized carbons (Fsp3) is 0.429. The standard InChI is InChI=1S/C21H23BrClNO4S/c1-10-5-6-13-15(7-10)29-20(17(13)21(26)27-4)24-16(25)9-28-14-8-11(2)19(23)12(3)18(14)22/h8,10H,5-7,9H2,1-4H3,(H,24,25). The first-order valence-corrected chi connectivity index (χ1v) is 11.3. The SMILES string of the molecule is COC(=O)c1c(NC(=O)COc2cc(C)c(Cl)c(C)c2Br)sc2c1CCC(C)C2. The minimum atomic E-state index is -0.417. The number of rotatable bonds is 5. The molecular formula is C21H23BrClNO4S. The summed E-state index contributed by atoms with van der Waals surface area (Å²) >= 11 is 11.2. The van der Waals surface area contributed by atoms with Gasteiger partial charge in [-0.25, -0.2) is 4.79 Å². The number of anilines is 1. The zero-order valence-corrected chi connectivity index (χ0v) is 19.9. The van der Waals surface area contributed by atoms with Crippen LogP contribution in [0.3, 0.4) is 0 Å². The number of ether oxygens (including phenoxy) is 2. The molecule has 1 aromatic carbocycles. The topological polar surface area (TPSA) is 64.6 Å². The van der Waals surface area contributed by atoms with Crippen LogP contribution in [0.4, 0.5) is 5.00 Å². The van der Waals surface area contributed by atoms with Crippen LogP contribution in [0.15, 0.2) is 10.5 Å². The molecule has 1 atom stereocenters. The summed E-state index contributed by atoms with van der Waals surface area (Å²) in [7, 11) is 1.36. The Morgan fingerprint density at radius 2 is 2.10 bits per heavy atom. The molecule has 0 fully saturated rings. The van der Waals surface area contributed by atoms with Crippen molar-refractivity contribution < 1.29 is 19.1 Å². The van der Waals surface area contributed by atoms with Crippen LogP contribution in [0.1, 0.15) is 45.3 Å². The molecule has 0 spiro atoms. The van der Waals surface area contributed by atoms with Gasteiger partial charge in [-0.05, 0) is 77.7 Å². The van der Waals surface area contributed by atoms with Crippen molar-refractivity contribution in [1.29, 1.82) is 0 Å². The van der Waals surface area contributed by atoms with Gasteiger partial charge >= 0.3 is 5.97 Å². The summed E-state index contributed by atoms with van der Waals surface area (Å²) < 4.78 is 11.4. The van der Waals surface area contributed by atoms with E-state index in [4.69, 9.17) is 21.1 Å². The lowest BCUT2D eigenvalue weighted by atomic mass is 9.88. The summed E-state index contributed by atoms with van der Waals surface area (Å²) in [5, 5.41) is 4.04. The number of methoxy groups -OCH3 is 1. The van der Waals surface area contributed by atoms with Crippen LogP contribution >= 0.6 is 38.9 Å². The van der Waals surface area contributed by atoms with Gasteiger partial charge in [0, 0.05) is 9.90 Å². The molecule has 3 rings (SSSR count). The van der Waals surface area contributed by atoms with Crippen LogP contribution in [0, 0.1) is 19.8 Å². The van der Waals surface area contributed by atoms with Crippen LogP contribution in [0.25, 0.3) is 0 Å². The van der Waals surface area contributed by atoms with E-state index < -0.39 is 5.97 Å². The molecule has 0 bridgehead atoms. The van der Waals surface area contributed by atoms with Crippen LogP contribution in [-0.2, 0) is 22.4 Å². The molecule has 1 aliphatic rings. The molecule has 2 aromatic rings. The van der Waals surface area contributed by atoms with Gasteiger partial charge in [-0.1, -0.05) is 18.5 Å². The molecule has 1 N–H and O–H groups in total. The third-order valence-electron chi connectivity index (χ3n) is 5.08. The van der Waals surface area contributed by atoms with E-state index in [9.17, 15) is 9.59 Å². The molecule has 5 nitrogen and oxygen atoms in total.